The molecule has 0 radical (unpaired) electrons. The molecule has 0 bridgehead atoms. The van der Waals surface area contributed by atoms with E-state index >= 15 is 0 Å². The fraction of sp³-hybridized carbons (Fsp3) is 0.111. The average molecular weight is 230 g/mol. The van der Waals surface area contributed by atoms with E-state index in [1.54, 1.807) is 0 Å². The minimum Gasteiger partial charge on any atom is -0.505 e. The van der Waals surface area contributed by atoms with E-state index in [1.807, 2.05) is 0 Å². The van der Waals surface area contributed by atoms with Gasteiger partial charge in [0.1, 0.15) is 11.4 Å². The number of carboxylic acids is 1. The van der Waals surface area contributed by atoms with Crippen LogP contribution in [0.4, 0.5) is 5.69 Å². The summed E-state index contributed by atoms with van der Waals surface area (Å²) in [6.07, 6.45) is 0. The first-order valence-electron chi connectivity index (χ1n) is 3.97. The third-order valence-electron chi connectivity index (χ3n) is 1.66. The third-order valence-corrected chi connectivity index (χ3v) is 1.90. The number of carbonyl (C=O) groups excluding carboxylic acids is 1. The Morgan fingerprint density at radius 3 is 2.60 bits per heavy atom. The summed E-state index contributed by atoms with van der Waals surface area (Å²) in [6, 6.07) is 4.02. The van der Waals surface area contributed by atoms with Crippen molar-refractivity contribution in [1.82, 2.24) is 0 Å². The van der Waals surface area contributed by atoms with Gasteiger partial charge in [0.25, 0.3) is 0 Å². The lowest BCUT2D eigenvalue weighted by molar-refractivity contribution is -0.113. The maximum Gasteiger partial charge on any atom is 0.339 e. The molecule has 1 aromatic rings. The van der Waals surface area contributed by atoms with Crippen LogP contribution in [0.15, 0.2) is 18.2 Å². The summed E-state index contributed by atoms with van der Waals surface area (Å²) in [4.78, 5) is 21.5. The van der Waals surface area contributed by atoms with Crippen LogP contribution >= 0.6 is 11.6 Å². The Morgan fingerprint density at radius 1 is 1.40 bits per heavy atom. The number of nitrogens with one attached hydrogen (secondary N) is 1. The Hall–Kier alpha value is -1.75. The predicted octanol–water partition coefficient (Wildman–Crippen LogP) is 1.27. The Balaban J connectivity index is 3.04. The lowest BCUT2D eigenvalue weighted by Crippen LogP contribution is -2.13. The van der Waals surface area contributed by atoms with Gasteiger partial charge in [-0.2, -0.15) is 0 Å². The molecule has 0 aromatic heterocycles. The summed E-state index contributed by atoms with van der Waals surface area (Å²) in [7, 11) is 0. The molecule has 0 aliphatic rings. The number of phenols is 1. The van der Waals surface area contributed by atoms with Crippen LogP contribution in [-0.4, -0.2) is 28.0 Å². The Bertz CT molecular complexity index is 405. The van der Waals surface area contributed by atoms with Gasteiger partial charge in [0, 0.05) is 0 Å². The number of aromatic carboxylic acids is 1. The van der Waals surface area contributed by atoms with Crippen molar-refractivity contribution in [3.05, 3.63) is 23.8 Å². The molecule has 0 spiro atoms. The molecule has 1 rings (SSSR count). The number of carboxylic acid groups (broad SMARTS) is 1. The second kappa shape index (κ2) is 4.65. The van der Waals surface area contributed by atoms with E-state index in [4.69, 9.17) is 16.7 Å². The third kappa shape index (κ3) is 2.60. The summed E-state index contributed by atoms with van der Waals surface area (Å²) >= 11 is 5.25. The van der Waals surface area contributed by atoms with Gasteiger partial charge < -0.3 is 15.5 Å². The molecule has 6 heteroatoms. The predicted molar refractivity (Wildman–Crippen MR) is 54.4 cm³/mol. The average Bonchev–Trinajstić information content (AvgIpc) is 2.20. The van der Waals surface area contributed by atoms with Crippen LogP contribution in [0, 0.1) is 0 Å². The summed E-state index contributed by atoms with van der Waals surface area (Å²) in [5.41, 5.74) is -0.247. The fourth-order valence-electron chi connectivity index (χ4n) is 1.00. The van der Waals surface area contributed by atoms with Crippen LogP contribution in [0.3, 0.4) is 0 Å². The minimum atomic E-state index is -1.27. The van der Waals surface area contributed by atoms with Gasteiger partial charge in [0.2, 0.25) is 5.91 Å². The standard InChI is InChI=1S/C9H8ClNO4/c10-4-7(12)11-6-3-1-2-5(8(6)13)9(14)15/h1-3,13H,4H2,(H,11,12)(H,14,15). The van der Waals surface area contributed by atoms with Crippen LogP contribution in [0.25, 0.3) is 0 Å². The number of alkyl halides is 1. The monoisotopic (exact) mass is 229 g/mol. The molecule has 0 aliphatic heterocycles. The van der Waals surface area contributed by atoms with E-state index in [9.17, 15) is 14.7 Å². The van der Waals surface area contributed by atoms with Gasteiger partial charge >= 0.3 is 5.97 Å². The van der Waals surface area contributed by atoms with Gasteiger partial charge in [-0.25, -0.2) is 4.79 Å². The molecule has 0 aliphatic carbocycles. The Labute approximate surface area is 90.3 Å². The van der Waals surface area contributed by atoms with Crippen molar-refractivity contribution in [2.75, 3.05) is 11.2 Å². The van der Waals surface area contributed by atoms with Crippen molar-refractivity contribution in [2.45, 2.75) is 0 Å². The van der Waals surface area contributed by atoms with Gasteiger partial charge in [-0.3, -0.25) is 4.79 Å². The highest BCUT2D eigenvalue weighted by Gasteiger charge is 2.13. The number of aromatic hydroxyl groups is 1. The van der Waals surface area contributed by atoms with Crippen molar-refractivity contribution < 1.29 is 19.8 Å². The lowest BCUT2D eigenvalue weighted by Gasteiger charge is -2.07. The summed E-state index contributed by atoms with van der Waals surface area (Å²) in [6.45, 7) is 0. The summed E-state index contributed by atoms with van der Waals surface area (Å²) in [5, 5.41) is 20.4. The van der Waals surface area contributed by atoms with Gasteiger partial charge in [-0.1, -0.05) is 6.07 Å². The van der Waals surface area contributed by atoms with Crippen molar-refractivity contribution in [3.8, 4) is 5.75 Å². The molecule has 0 atom stereocenters. The number of hydrogen-bond acceptors (Lipinski definition) is 3. The number of rotatable bonds is 3. The molecule has 0 saturated carbocycles. The quantitative estimate of drug-likeness (QED) is 0.538. The molecule has 80 valence electrons. The highest BCUT2D eigenvalue weighted by atomic mass is 35.5. The van der Waals surface area contributed by atoms with Gasteiger partial charge in [-0.15, -0.1) is 11.6 Å². The first-order chi connectivity index (χ1) is 7.06. The Kier molecular flexibility index (Phi) is 3.51. The number of para-hydroxylation sites is 1. The fourth-order valence-corrected chi connectivity index (χ4v) is 1.07. The van der Waals surface area contributed by atoms with Crippen molar-refractivity contribution in [3.63, 3.8) is 0 Å². The number of anilines is 1. The van der Waals surface area contributed by atoms with E-state index in [0.29, 0.717) is 0 Å². The van der Waals surface area contributed by atoms with E-state index in [1.165, 1.54) is 18.2 Å². The van der Waals surface area contributed by atoms with Crippen LogP contribution < -0.4 is 5.32 Å². The van der Waals surface area contributed by atoms with Crippen LogP contribution in [0.2, 0.25) is 0 Å². The maximum absolute atomic E-state index is 10.9. The number of hydrogen-bond donors (Lipinski definition) is 3. The number of carbonyl (C=O) groups is 2. The zero-order valence-electron chi connectivity index (χ0n) is 7.53. The molecule has 1 aromatic carbocycles. The molecule has 1 amide bonds. The molecule has 0 unspecified atom stereocenters. The number of halogens is 1. The largest absolute Gasteiger partial charge is 0.505 e. The first kappa shape index (κ1) is 11.3. The van der Waals surface area contributed by atoms with Crippen LogP contribution in [0.1, 0.15) is 10.4 Å². The first-order valence-corrected chi connectivity index (χ1v) is 4.50. The van der Waals surface area contributed by atoms with Gasteiger partial charge in [0.15, 0.2) is 5.75 Å². The van der Waals surface area contributed by atoms with Crippen LogP contribution in [0.5, 0.6) is 5.75 Å². The molecule has 0 fully saturated rings. The van der Waals surface area contributed by atoms with Gasteiger partial charge in [0.05, 0.1) is 5.69 Å². The second-order valence-corrected chi connectivity index (χ2v) is 2.96. The molecular formula is C9H8ClNO4. The number of benzene rings is 1. The van der Waals surface area contributed by atoms with E-state index in [0.717, 1.165) is 0 Å². The zero-order valence-corrected chi connectivity index (χ0v) is 8.28. The molecule has 15 heavy (non-hydrogen) atoms. The highest BCUT2D eigenvalue weighted by molar-refractivity contribution is 6.29. The minimum absolute atomic E-state index is 0.0283. The summed E-state index contributed by atoms with van der Waals surface area (Å²) < 4.78 is 0. The smallest absolute Gasteiger partial charge is 0.339 e. The molecule has 0 saturated heterocycles. The number of amides is 1. The van der Waals surface area contributed by atoms with E-state index in [-0.39, 0.29) is 17.1 Å². The SMILES string of the molecule is O=C(CCl)Nc1cccc(C(=O)O)c1O. The molecule has 3 N–H and O–H groups in total. The molecular weight excluding hydrogens is 222 g/mol. The summed E-state index contributed by atoms with van der Waals surface area (Å²) in [5.74, 6) is -2.54. The highest BCUT2D eigenvalue weighted by Crippen LogP contribution is 2.27. The topological polar surface area (TPSA) is 86.6 Å². The van der Waals surface area contributed by atoms with E-state index < -0.39 is 17.6 Å². The van der Waals surface area contributed by atoms with Crippen molar-refractivity contribution in [2.24, 2.45) is 0 Å². The van der Waals surface area contributed by atoms with Crippen molar-refractivity contribution in [1.29, 1.82) is 0 Å². The van der Waals surface area contributed by atoms with Crippen molar-refractivity contribution >= 4 is 29.2 Å². The van der Waals surface area contributed by atoms with E-state index in [2.05, 4.69) is 5.32 Å². The second-order valence-electron chi connectivity index (χ2n) is 2.69. The zero-order chi connectivity index (χ0) is 11.4. The Morgan fingerprint density at radius 2 is 2.07 bits per heavy atom. The van der Waals surface area contributed by atoms with Gasteiger partial charge in [-0.05, 0) is 12.1 Å². The normalized spacial score (nSPS) is 9.67. The molecule has 5 nitrogen and oxygen atoms in total. The lowest BCUT2D eigenvalue weighted by atomic mass is 10.1. The molecule has 0 heterocycles. The van der Waals surface area contributed by atoms with Crippen LogP contribution in [-0.2, 0) is 4.79 Å². The maximum atomic E-state index is 10.9.